The van der Waals surface area contributed by atoms with Gasteiger partial charge in [-0.2, -0.15) is 0 Å². The van der Waals surface area contributed by atoms with E-state index in [-0.39, 0.29) is 5.56 Å². The van der Waals surface area contributed by atoms with Crippen molar-refractivity contribution in [3.63, 3.8) is 0 Å². The van der Waals surface area contributed by atoms with Crippen molar-refractivity contribution in [2.75, 3.05) is 36.5 Å². The second-order valence-corrected chi connectivity index (χ2v) is 8.30. The maximum Gasteiger partial charge on any atom is 0.253 e. The fraction of sp³-hybridized carbons (Fsp3) is 0.375. The molecule has 0 unspecified atom stereocenters. The van der Waals surface area contributed by atoms with Gasteiger partial charge in [0.25, 0.3) is 5.56 Å². The lowest BCUT2D eigenvalue weighted by Gasteiger charge is -2.32. The molecule has 6 heteroatoms. The minimum absolute atomic E-state index is 0.0920. The van der Waals surface area contributed by atoms with Crippen LogP contribution in [-0.2, 0) is 6.54 Å². The number of nitrogens with zero attached hydrogens (tertiary/aromatic N) is 1. The third-order valence-electron chi connectivity index (χ3n) is 5.96. The smallest absolute Gasteiger partial charge is 0.253 e. The van der Waals surface area contributed by atoms with Crippen molar-refractivity contribution in [1.29, 1.82) is 0 Å². The number of anilines is 2. The Morgan fingerprint density at radius 2 is 1.87 bits per heavy atom. The minimum atomic E-state index is -0.0920. The summed E-state index contributed by atoms with van der Waals surface area (Å²) in [4.78, 5) is 18.0. The summed E-state index contributed by atoms with van der Waals surface area (Å²) >= 11 is 0. The maximum atomic E-state index is 12.5. The molecule has 2 N–H and O–H groups in total. The van der Waals surface area contributed by atoms with E-state index in [9.17, 15) is 4.79 Å². The highest BCUT2D eigenvalue weighted by Gasteiger charge is 2.17. The highest BCUT2D eigenvalue weighted by Crippen LogP contribution is 2.33. The van der Waals surface area contributed by atoms with Gasteiger partial charge in [-0.1, -0.05) is 6.92 Å². The van der Waals surface area contributed by atoms with Gasteiger partial charge in [0.15, 0.2) is 11.5 Å². The van der Waals surface area contributed by atoms with Gasteiger partial charge in [-0.15, -0.1) is 0 Å². The molecule has 30 heavy (non-hydrogen) atoms. The van der Waals surface area contributed by atoms with Gasteiger partial charge >= 0.3 is 0 Å². The van der Waals surface area contributed by atoms with Crippen LogP contribution in [0.4, 0.5) is 11.4 Å². The number of fused-ring (bicyclic) bond motifs is 2. The fourth-order valence-electron chi connectivity index (χ4n) is 4.33. The quantitative estimate of drug-likeness (QED) is 0.683. The lowest BCUT2D eigenvalue weighted by atomic mass is 10.00. The largest absolute Gasteiger partial charge is 0.486 e. The van der Waals surface area contributed by atoms with Crippen LogP contribution in [0.5, 0.6) is 11.5 Å². The van der Waals surface area contributed by atoms with Gasteiger partial charge in [0.1, 0.15) is 13.2 Å². The van der Waals surface area contributed by atoms with Crippen LogP contribution in [0.3, 0.4) is 0 Å². The van der Waals surface area contributed by atoms with Crippen molar-refractivity contribution in [2.45, 2.75) is 26.3 Å². The Balaban J connectivity index is 1.31. The summed E-state index contributed by atoms with van der Waals surface area (Å²) in [6.45, 7) is 6.10. The number of aromatic amines is 1. The van der Waals surface area contributed by atoms with E-state index in [2.05, 4.69) is 46.4 Å². The minimum Gasteiger partial charge on any atom is -0.486 e. The van der Waals surface area contributed by atoms with E-state index in [1.165, 1.54) is 18.5 Å². The molecule has 0 saturated carbocycles. The topological polar surface area (TPSA) is 66.6 Å². The lowest BCUT2D eigenvalue weighted by Crippen LogP contribution is -2.34. The van der Waals surface area contributed by atoms with E-state index in [0.29, 0.717) is 31.1 Å². The zero-order valence-electron chi connectivity index (χ0n) is 17.2. The van der Waals surface area contributed by atoms with Crippen LogP contribution >= 0.6 is 0 Å². The van der Waals surface area contributed by atoms with Crippen molar-refractivity contribution in [3.05, 3.63) is 58.4 Å². The van der Waals surface area contributed by atoms with Gasteiger partial charge < -0.3 is 24.7 Å². The Hall–Kier alpha value is -3.15. The van der Waals surface area contributed by atoms with E-state index in [1.807, 2.05) is 18.2 Å². The van der Waals surface area contributed by atoms with Crippen molar-refractivity contribution in [2.24, 2.45) is 5.92 Å². The first-order chi connectivity index (χ1) is 14.7. The highest BCUT2D eigenvalue weighted by molar-refractivity contribution is 5.83. The van der Waals surface area contributed by atoms with Crippen molar-refractivity contribution in [3.8, 4) is 11.5 Å². The van der Waals surface area contributed by atoms with Crippen LogP contribution in [0.1, 0.15) is 25.3 Å². The number of pyridine rings is 1. The SMILES string of the molecule is C[C@@H]1CCCN(c2ccc(NCc3cc4cc5c(cc4[nH]c3=O)OCCO5)cc2)C1. The lowest BCUT2D eigenvalue weighted by molar-refractivity contribution is 0.172. The fourth-order valence-corrected chi connectivity index (χ4v) is 4.33. The molecule has 0 bridgehead atoms. The monoisotopic (exact) mass is 405 g/mol. The first-order valence-corrected chi connectivity index (χ1v) is 10.7. The number of ether oxygens (including phenoxy) is 2. The molecule has 0 spiro atoms. The normalized spacial score (nSPS) is 18.4. The summed E-state index contributed by atoms with van der Waals surface area (Å²) in [5.41, 5.74) is 3.62. The molecule has 156 valence electrons. The van der Waals surface area contributed by atoms with Crippen LogP contribution in [-0.4, -0.2) is 31.3 Å². The van der Waals surface area contributed by atoms with E-state index in [4.69, 9.17) is 9.47 Å². The summed E-state index contributed by atoms with van der Waals surface area (Å²) in [6, 6.07) is 14.2. The number of H-pyrrole nitrogens is 1. The average Bonchev–Trinajstić information content (AvgIpc) is 2.77. The molecule has 3 aromatic rings. The summed E-state index contributed by atoms with van der Waals surface area (Å²) in [6.07, 6.45) is 2.57. The Morgan fingerprint density at radius 3 is 2.63 bits per heavy atom. The molecule has 2 aliphatic heterocycles. The van der Waals surface area contributed by atoms with E-state index < -0.39 is 0 Å². The number of piperidine rings is 1. The third kappa shape index (κ3) is 3.82. The van der Waals surface area contributed by atoms with Gasteiger partial charge in [-0.25, -0.2) is 0 Å². The van der Waals surface area contributed by atoms with Crippen LogP contribution in [0.2, 0.25) is 0 Å². The second-order valence-electron chi connectivity index (χ2n) is 8.30. The van der Waals surface area contributed by atoms with E-state index in [1.54, 1.807) is 0 Å². The Labute approximate surface area is 175 Å². The molecular formula is C24H27N3O3. The van der Waals surface area contributed by atoms with Gasteiger partial charge in [-0.05, 0) is 55.2 Å². The molecule has 1 aromatic heterocycles. The van der Waals surface area contributed by atoms with Crippen molar-refractivity contribution < 1.29 is 9.47 Å². The first kappa shape index (κ1) is 18.9. The number of benzene rings is 2. The molecule has 1 saturated heterocycles. The zero-order valence-corrected chi connectivity index (χ0v) is 17.2. The van der Waals surface area contributed by atoms with E-state index in [0.717, 1.165) is 41.3 Å². The van der Waals surface area contributed by atoms with Crippen LogP contribution < -0.4 is 25.2 Å². The molecule has 1 atom stereocenters. The Morgan fingerprint density at radius 1 is 1.10 bits per heavy atom. The van der Waals surface area contributed by atoms with Crippen molar-refractivity contribution >= 4 is 22.3 Å². The molecular weight excluding hydrogens is 378 g/mol. The molecule has 6 nitrogen and oxygen atoms in total. The number of hydrogen-bond donors (Lipinski definition) is 2. The Kier molecular flexibility index (Phi) is 4.99. The predicted molar refractivity (Wildman–Crippen MR) is 120 cm³/mol. The predicted octanol–water partition coefficient (Wildman–Crippen LogP) is 4.15. The summed E-state index contributed by atoms with van der Waals surface area (Å²) in [5, 5.41) is 4.31. The number of aromatic nitrogens is 1. The zero-order chi connectivity index (χ0) is 20.5. The average molecular weight is 405 g/mol. The molecule has 3 heterocycles. The Bertz CT molecular complexity index is 1110. The number of rotatable bonds is 4. The molecule has 2 aliphatic rings. The van der Waals surface area contributed by atoms with Crippen molar-refractivity contribution in [1.82, 2.24) is 4.98 Å². The first-order valence-electron chi connectivity index (χ1n) is 10.7. The molecule has 1 fully saturated rings. The molecule has 5 rings (SSSR count). The highest BCUT2D eigenvalue weighted by atomic mass is 16.6. The second kappa shape index (κ2) is 7.94. The van der Waals surface area contributed by atoms with Crippen LogP contribution in [0.15, 0.2) is 47.3 Å². The van der Waals surface area contributed by atoms with Gasteiger partial charge in [0.2, 0.25) is 0 Å². The molecule has 0 amide bonds. The van der Waals surface area contributed by atoms with Gasteiger partial charge in [0.05, 0.1) is 5.52 Å². The van der Waals surface area contributed by atoms with Crippen LogP contribution in [0.25, 0.3) is 10.9 Å². The molecule has 0 aliphatic carbocycles. The number of nitrogens with one attached hydrogen (secondary N) is 2. The van der Waals surface area contributed by atoms with E-state index >= 15 is 0 Å². The van der Waals surface area contributed by atoms with Gasteiger partial charge in [0, 0.05) is 48.0 Å². The summed E-state index contributed by atoms with van der Waals surface area (Å²) in [5.74, 6) is 2.15. The maximum absolute atomic E-state index is 12.5. The molecule has 0 radical (unpaired) electrons. The van der Waals surface area contributed by atoms with Gasteiger partial charge in [-0.3, -0.25) is 4.79 Å². The third-order valence-corrected chi connectivity index (χ3v) is 5.96. The summed E-state index contributed by atoms with van der Waals surface area (Å²) in [7, 11) is 0. The number of hydrogen-bond acceptors (Lipinski definition) is 5. The molecule has 2 aromatic carbocycles. The van der Waals surface area contributed by atoms with Crippen LogP contribution in [0, 0.1) is 5.92 Å². The summed E-state index contributed by atoms with van der Waals surface area (Å²) < 4.78 is 11.3. The standard InChI is InChI=1S/C24H27N3O3/c1-16-3-2-8-27(15-16)20-6-4-19(5-7-20)25-14-18-11-17-12-22-23(30-10-9-29-22)13-21(17)26-24(18)28/h4-7,11-13,16,25H,2-3,8-10,14-15H2,1H3,(H,26,28)/t16-/m1/s1.